The number of aromatic nitrogens is 4. The van der Waals surface area contributed by atoms with Crippen LogP contribution in [-0.4, -0.2) is 81.5 Å². The molecule has 6 rings (SSSR count). The molecule has 11 nitrogen and oxygen atoms in total. The Morgan fingerprint density at radius 1 is 1.09 bits per heavy atom. The van der Waals surface area contributed by atoms with E-state index in [0.717, 1.165) is 5.56 Å². The van der Waals surface area contributed by atoms with Gasteiger partial charge < -0.3 is 29.4 Å². The van der Waals surface area contributed by atoms with Gasteiger partial charge in [-0.15, -0.1) is 13.9 Å². The largest absolute Gasteiger partial charge is 0.586 e. The molecule has 4 aromatic rings. The minimum atomic E-state index is -4.74. The molecule has 1 atom stereocenters. The summed E-state index contributed by atoms with van der Waals surface area (Å²) in [5.74, 6) is 1.07. The number of methoxy groups -OCH3 is 2. The second kappa shape index (κ2) is 10.5. The molecule has 2 aromatic heterocycles. The zero-order valence-corrected chi connectivity index (χ0v) is 23.0. The molecule has 1 saturated heterocycles. The number of piperidine rings is 1. The molecule has 0 bridgehead atoms. The quantitative estimate of drug-likeness (QED) is 0.282. The van der Waals surface area contributed by atoms with Crippen LogP contribution in [0.4, 0.5) is 27.9 Å². The van der Waals surface area contributed by atoms with Crippen LogP contribution in [-0.2, 0) is 13.0 Å². The zero-order valence-electron chi connectivity index (χ0n) is 23.0. The number of halogens is 5. The lowest BCUT2D eigenvalue weighted by molar-refractivity contribution is -0.286. The number of aliphatic hydroxyl groups is 1. The topological polar surface area (TPSA) is 116 Å². The average Bonchev–Trinajstić information content (AvgIpc) is 3.54. The molecule has 0 aliphatic carbocycles. The van der Waals surface area contributed by atoms with Gasteiger partial charge in [0, 0.05) is 43.1 Å². The van der Waals surface area contributed by atoms with Crippen molar-refractivity contribution >= 4 is 22.5 Å². The number of fused-ring (bicyclic) bond motifs is 5. The molecule has 2 aromatic carbocycles. The van der Waals surface area contributed by atoms with Crippen molar-refractivity contribution in [3.63, 3.8) is 0 Å². The molecule has 230 valence electrons. The summed E-state index contributed by atoms with van der Waals surface area (Å²) in [6.07, 6.45) is -8.64. The van der Waals surface area contributed by atoms with Gasteiger partial charge >= 0.3 is 12.5 Å². The van der Waals surface area contributed by atoms with Crippen LogP contribution in [0.2, 0.25) is 0 Å². The summed E-state index contributed by atoms with van der Waals surface area (Å²) in [4.78, 5) is 10.6. The Morgan fingerprint density at radius 3 is 2.65 bits per heavy atom. The van der Waals surface area contributed by atoms with E-state index in [0.29, 0.717) is 23.4 Å². The van der Waals surface area contributed by atoms with Crippen LogP contribution in [0.1, 0.15) is 24.2 Å². The lowest BCUT2D eigenvalue weighted by Gasteiger charge is -2.40. The smallest absolute Gasteiger partial charge is 0.497 e. The van der Waals surface area contributed by atoms with Crippen molar-refractivity contribution in [2.75, 3.05) is 39.2 Å². The van der Waals surface area contributed by atoms with Gasteiger partial charge in [0.05, 0.1) is 14.2 Å². The highest BCUT2D eigenvalue weighted by Gasteiger charge is 2.55. The van der Waals surface area contributed by atoms with Crippen molar-refractivity contribution in [3.8, 4) is 23.0 Å². The van der Waals surface area contributed by atoms with Gasteiger partial charge in [0.1, 0.15) is 17.0 Å². The number of ether oxygens (including phenoxy) is 4. The van der Waals surface area contributed by atoms with Crippen molar-refractivity contribution in [2.24, 2.45) is 0 Å². The zero-order chi connectivity index (χ0) is 30.6. The number of nitrogens with zero attached hydrogens (tertiary/aromatic N) is 5. The number of hydrogen-bond donors (Lipinski definition) is 2. The molecular formula is C27H27F5N6O5. The standard InChI is InChI=1S/C27H27F5N6O5/c1-40-16-5-4-15(19(12-16)41-2)13-33-24-35-21-17(6-7-18-22(21)43-27(31,32)42-18)23-34-20(36-38(23)24)8-11-37-10-3-9-25(39,14-37)26(28,29)30/h4-7,12,39H,3,8-11,13-14H2,1-2H3,(H,33,35). The van der Waals surface area contributed by atoms with Gasteiger partial charge in [-0.1, -0.05) is 0 Å². The van der Waals surface area contributed by atoms with Gasteiger partial charge in [-0.3, -0.25) is 4.90 Å². The summed E-state index contributed by atoms with van der Waals surface area (Å²) in [5, 5.41) is 18.2. The van der Waals surface area contributed by atoms with Crippen LogP contribution in [0.15, 0.2) is 30.3 Å². The maximum atomic E-state index is 14.0. The second-order valence-electron chi connectivity index (χ2n) is 10.3. The molecule has 0 amide bonds. The van der Waals surface area contributed by atoms with Gasteiger partial charge in [-0.25, -0.2) is 9.97 Å². The van der Waals surface area contributed by atoms with Crippen LogP contribution in [0.25, 0.3) is 16.6 Å². The molecule has 16 heteroatoms. The van der Waals surface area contributed by atoms with E-state index < -0.39 is 24.6 Å². The summed E-state index contributed by atoms with van der Waals surface area (Å²) in [6.45, 7) is 0.167. The van der Waals surface area contributed by atoms with Crippen molar-refractivity contribution in [2.45, 2.75) is 43.9 Å². The van der Waals surface area contributed by atoms with E-state index in [1.165, 1.54) is 35.8 Å². The SMILES string of the molecule is COc1ccc(CNc2nc3c4c(ccc3c3nc(CCN5CCCC(O)(C(F)(F)F)C5)nn23)OC(F)(F)O4)c(OC)c1. The van der Waals surface area contributed by atoms with Crippen LogP contribution in [0.5, 0.6) is 23.0 Å². The third-order valence-electron chi connectivity index (χ3n) is 7.52. The fraction of sp³-hybridized carbons (Fsp3) is 0.444. The van der Waals surface area contributed by atoms with E-state index in [1.54, 1.807) is 18.2 Å². The first-order valence-electron chi connectivity index (χ1n) is 13.3. The second-order valence-corrected chi connectivity index (χ2v) is 10.3. The first kappa shape index (κ1) is 28.9. The number of rotatable bonds is 8. The molecule has 2 aliphatic rings. The van der Waals surface area contributed by atoms with E-state index in [1.807, 2.05) is 0 Å². The van der Waals surface area contributed by atoms with Crippen molar-refractivity contribution in [1.82, 2.24) is 24.5 Å². The maximum Gasteiger partial charge on any atom is 0.586 e. The Hall–Kier alpha value is -4.18. The number of nitrogens with one attached hydrogen (secondary N) is 1. The van der Waals surface area contributed by atoms with Crippen LogP contribution in [0.3, 0.4) is 0 Å². The maximum absolute atomic E-state index is 14.0. The highest BCUT2D eigenvalue weighted by molar-refractivity contribution is 5.97. The first-order valence-corrected chi connectivity index (χ1v) is 13.3. The molecule has 0 saturated carbocycles. The number of hydrogen-bond acceptors (Lipinski definition) is 10. The van der Waals surface area contributed by atoms with E-state index in [9.17, 15) is 27.1 Å². The number of likely N-dealkylation sites (tertiary alicyclic amines) is 1. The molecule has 1 unspecified atom stereocenters. The minimum absolute atomic E-state index is 0.0524. The summed E-state index contributed by atoms with van der Waals surface area (Å²) in [7, 11) is 3.04. The van der Waals surface area contributed by atoms with Gasteiger partial charge in [0.25, 0.3) is 0 Å². The van der Waals surface area contributed by atoms with Gasteiger partial charge in [0.2, 0.25) is 5.95 Å². The predicted octanol–water partition coefficient (Wildman–Crippen LogP) is 4.16. The molecule has 2 aliphatic heterocycles. The highest BCUT2D eigenvalue weighted by atomic mass is 19.4. The number of alkyl halides is 5. The predicted molar refractivity (Wildman–Crippen MR) is 142 cm³/mol. The summed E-state index contributed by atoms with van der Waals surface area (Å²) in [6, 6.07) is 8.05. The average molecular weight is 611 g/mol. The number of anilines is 1. The summed E-state index contributed by atoms with van der Waals surface area (Å²) < 4.78 is 89.6. The Morgan fingerprint density at radius 2 is 1.91 bits per heavy atom. The fourth-order valence-corrected chi connectivity index (χ4v) is 5.32. The molecule has 0 radical (unpaired) electrons. The molecule has 4 heterocycles. The Balaban J connectivity index is 1.34. The summed E-state index contributed by atoms with van der Waals surface area (Å²) in [5.41, 5.74) is -1.74. The van der Waals surface area contributed by atoms with Crippen LogP contribution >= 0.6 is 0 Å². The minimum Gasteiger partial charge on any atom is -0.497 e. The lowest BCUT2D eigenvalue weighted by Crippen LogP contribution is -2.57. The number of β-amino-alcohol motifs (C(OH)–C–C–N with tert-alkyl or cyclic N) is 1. The lowest BCUT2D eigenvalue weighted by atomic mass is 9.92. The van der Waals surface area contributed by atoms with Crippen molar-refractivity contribution < 1.29 is 46.0 Å². The molecule has 1 fully saturated rings. The molecule has 0 spiro atoms. The normalized spacial score (nSPS) is 20.1. The third-order valence-corrected chi connectivity index (χ3v) is 7.52. The first-order chi connectivity index (χ1) is 20.4. The van der Waals surface area contributed by atoms with Gasteiger partial charge in [-0.2, -0.15) is 17.7 Å². The van der Waals surface area contributed by atoms with Crippen LogP contribution < -0.4 is 24.3 Å². The highest BCUT2D eigenvalue weighted by Crippen LogP contribution is 2.46. The summed E-state index contributed by atoms with van der Waals surface area (Å²) >= 11 is 0. The fourth-order valence-electron chi connectivity index (χ4n) is 5.32. The van der Waals surface area contributed by atoms with Crippen LogP contribution in [0, 0.1) is 0 Å². The molecular weight excluding hydrogens is 583 g/mol. The Bertz CT molecular complexity index is 1680. The van der Waals surface area contributed by atoms with E-state index in [2.05, 4.69) is 25.1 Å². The van der Waals surface area contributed by atoms with E-state index in [4.69, 9.17) is 14.2 Å². The molecule has 2 N–H and O–H groups in total. The Labute approximate surface area is 241 Å². The Kier molecular flexibility index (Phi) is 7.07. The van der Waals surface area contributed by atoms with Crippen molar-refractivity contribution in [3.05, 3.63) is 41.7 Å². The molecule has 43 heavy (non-hydrogen) atoms. The van der Waals surface area contributed by atoms with E-state index >= 15 is 0 Å². The van der Waals surface area contributed by atoms with E-state index in [-0.39, 0.29) is 66.8 Å². The third kappa shape index (κ3) is 5.40. The van der Waals surface area contributed by atoms with Gasteiger partial charge in [-0.05, 0) is 43.7 Å². The number of benzene rings is 2. The van der Waals surface area contributed by atoms with Crippen molar-refractivity contribution in [1.29, 1.82) is 0 Å². The monoisotopic (exact) mass is 610 g/mol. The van der Waals surface area contributed by atoms with Gasteiger partial charge in [0.15, 0.2) is 28.6 Å².